The number of benzene rings is 1. The van der Waals surface area contributed by atoms with Crippen molar-refractivity contribution in [2.45, 2.75) is 25.2 Å². The number of aromatic nitrogens is 2. The molecule has 0 atom stereocenters. The number of phenols is 1. The standard InChI is InChI=1S/C12H12N2O2/c15-10-6-2-5-9(7-10)12-13-11(14-16-12)8-3-1-4-8/h2,5-8,15H,1,3-4H2. The van der Waals surface area contributed by atoms with Crippen LogP contribution in [0.25, 0.3) is 11.5 Å². The Hall–Kier alpha value is -1.84. The summed E-state index contributed by atoms with van der Waals surface area (Å²) in [5, 5.41) is 13.3. The number of phenolic OH excluding ortho intramolecular Hbond substituents is 1. The Morgan fingerprint density at radius 3 is 2.88 bits per heavy atom. The summed E-state index contributed by atoms with van der Waals surface area (Å²) >= 11 is 0. The summed E-state index contributed by atoms with van der Waals surface area (Å²) in [6.07, 6.45) is 3.55. The van der Waals surface area contributed by atoms with Crippen molar-refractivity contribution in [3.63, 3.8) is 0 Å². The highest BCUT2D eigenvalue weighted by atomic mass is 16.5. The van der Waals surface area contributed by atoms with Crippen molar-refractivity contribution in [2.24, 2.45) is 0 Å². The van der Waals surface area contributed by atoms with Crippen LogP contribution in [-0.4, -0.2) is 15.2 Å². The fourth-order valence-electron chi connectivity index (χ4n) is 1.82. The van der Waals surface area contributed by atoms with E-state index in [1.165, 1.54) is 6.42 Å². The van der Waals surface area contributed by atoms with E-state index in [0.717, 1.165) is 24.2 Å². The van der Waals surface area contributed by atoms with Crippen LogP contribution >= 0.6 is 0 Å². The minimum atomic E-state index is 0.209. The van der Waals surface area contributed by atoms with E-state index in [1.54, 1.807) is 18.2 Å². The Morgan fingerprint density at radius 2 is 2.19 bits per heavy atom. The molecule has 3 rings (SSSR count). The molecule has 0 aliphatic heterocycles. The Morgan fingerprint density at radius 1 is 1.31 bits per heavy atom. The van der Waals surface area contributed by atoms with Crippen LogP contribution in [0, 0.1) is 0 Å². The molecule has 4 nitrogen and oxygen atoms in total. The first-order valence-electron chi connectivity index (χ1n) is 5.46. The predicted molar refractivity (Wildman–Crippen MR) is 58.0 cm³/mol. The lowest BCUT2D eigenvalue weighted by Gasteiger charge is -2.20. The average Bonchev–Trinajstić information content (AvgIpc) is 2.64. The summed E-state index contributed by atoms with van der Waals surface area (Å²) in [6.45, 7) is 0. The number of hydrogen-bond donors (Lipinski definition) is 1. The van der Waals surface area contributed by atoms with Gasteiger partial charge < -0.3 is 9.63 Å². The molecule has 1 heterocycles. The van der Waals surface area contributed by atoms with Crippen molar-refractivity contribution >= 4 is 0 Å². The third-order valence-electron chi connectivity index (χ3n) is 3.01. The molecule has 1 saturated carbocycles. The van der Waals surface area contributed by atoms with Gasteiger partial charge in [-0.2, -0.15) is 4.98 Å². The number of nitrogens with zero attached hydrogens (tertiary/aromatic N) is 2. The average molecular weight is 216 g/mol. The van der Waals surface area contributed by atoms with Crippen molar-refractivity contribution in [3.8, 4) is 17.2 Å². The van der Waals surface area contributed by atoms with Gasteiger partial charge in [0.25, 0.3) is 5.89 Å². The predicted octanol–water partition coefficient (Wildman–Crippen LogP) is 2.71. The molecule has 4 heteroatoms. The molecular formula is C12H12N2O2. The lowest BCUT2D eigenvalue weighted by atomic mass is 9.85. The van der Waals surface area contributed by atoms with E-state index in [0.29, 0.717) is 11.8 Å². The van der Waals surface area contributed by atoms with Crippen LogP contribution in [0.4, 0.5) is 0 Å². The minimum Gasteiger partial charge on any atom is -0.508 e. The molecule has 1 aliphatic rings. The van der Waals surface area contributed by atoms with E-state index in [1.807, 2.05) is 6.07 Å². The summed E-state index contributed by atoms with van der Waals surface area (Å²) in [6, 6.07) is 6.85. The molecule has 1 N–H and O–H groups in total. The van der Waals surface area contributed by atoms with Gasteiger partial charge in [-0.1, -0.05) is 17.6 Å². The van der Waals surface area contributed by atoms with Gasteiger partial charge in [0.1, 0.15) is 5.75 Å². The summed E-state index contributed by atoms with van der Waals surface area (Å²) in [4.78, 5) is 4.35. The molecule has 0 amide bonds. The molecule has 0 bridgehead atoms. The van der Waals surface area contributed by atoms with Crippen LogP contribution in [0.5, 0.6) is 5.75 Å². The van der Waals surface area contributed by atoms with Gasteiger partial charge in [-0.05, 0) is 31.0 Å². The molecule has 0 spiro atoms. The summed E-state index contributed by atoms with van der Waals surface area (Å²) < 4.78 is 5.19. The van der Waals surface area contributed by atoms with E-state index < -0.39 is 0 Å². The van der Waals surface area contributed by atoms with E-state index in [2.05, 4.69) is 10.1 Å². The number of hydrogen-bond acceptors (Lipinski definition) is 4. The lowest BCUT2D eigenvalue weighted by molar-refractivity contribution is 0.366. The molecule has 82 valence electrons. The molecule has 0 saturated heterocycles. The maximum atomic E-state index is 9.36. The fraction of sp³-hybridized carbons (Fsp3) is 0.333. The van der Waals surface area contributed by atoms with Crippen LogP contribution in [0.15, 0.2) is 28.8 Å². The van der Waals surface area contributed by atoms with Crippen LogP contribution in [-0.2, 0) is 0 Å². The largest absolute Gasteiger partial charge is 0.508 e. The zero-order chi connectivity index (χ0) is 11.0. The van der Waals surface area contributed by atoms with Crippen molar-refractivity contribution in [1.82, 2.24) is 10.1 Å². The van der Waals surface area contributed by atoms with Crippen molar-refractivity contribution in [3.05, 3.63) is 30.1 Å². The van der Waals surface area contributed by atoms with Gasteiger partial charge in [0.05, 0.1) is 0 Å². The summed E-state index contributed by atoms with van der Waals surface area (Å²) in [5.41, 5.74) is 0.762. The first-order chi connectivity index (χ1) is 7.83. The second kappa shape index (κ2) is 3.63. The van der Waals surface area contributed by atoms with E-state index in [4.69, 9.17) is 4.52 Å². The highest BCUT2D eigenvalue weighted by Gasteiger charge is 2.24. The molecule has 1 aromatic carbocycles. The number of rotatable bonds is 2. The normalized spacial score (nSPS) is 16.0. The second-order valence-corrected chi connectivity index (χ2v) is 4.14. The molecule has 2 aromatic rings. The van der Waals surface area contributed by atoms with E-state index in [-0.39, 0.29) is 5.75 Å². The minimum absolute atomic E-state index is 0.209. The van der Waals surface area contributed by atoms with Crippen molar-refractivity contribution < 1.29 is 9.63 Å². The highest BCUT2D eigenvalue weighted by molar-refractivity contribution is 5.55. The SMILES string of the molecule is Oc1cccc(-c2nc(C3CCC3)no2)c1. The topological polar surface area (TPSA) is 59.2 Å². The number of aromatic hydroxyl groups is 1. The molecular weight excluding hydrogens is 204 g/mol. The highest BCUT2D eigenvalue weighted by Crippen LogP contribution is 2.35. The van der Waals surface area contributed by atoms with E-state index >= 15 is 0 Å². The molecule has 1 aliphatic carbocycles. The maximum absolute atomic E-state index is 9.36. The zero-order valence-electron chi connectivity index (χ0n) is 8.76. The van der Waals surface area contributed by atoms with Gasteiger partial charge in [0.2, 0.25) is 0 Å². The van der Waals surface area contributed by atoms with Crippen molar-refractivity contribution in [2.75, 3.05) is 0 Å². The Bertz CT molecular complexity index is 503. The maximum Gasteiger partial charge on any atom is 0.258 e. The van der Waals surface area contributed by atoms with E-state index in [9.17, 15) is 5.11 Å². The molecule has 1 fully saturated rings. The van der Waals surface area contributed by atoms with Crippen LogP contribution in [0.3, 0.4) is 0 Å². The monoisotopic (exact) mass is 216 g/mol. The van der Waals surface area contributed by atoms with Crippen LogP contribution in [0.2, 0.25) is 0 Å². The van der Waals surface area contributed by atoms with Gasteiger partial charge in [-0.3, -0.25) is 0 Å². The third kappa shape index (κ3) is 1.56. The third-order valence-corrected chi connectivity index (χ3v) is 3.01. The molecule has 16 heavy (non-hydrogen) atoms. The van der Waals surface area contributed by atoms with Crippen LogP contribution < -0.4 is 0 Å². The van der Waals surface area contributed by atoms with Gasteiger partial charge in [0, 0.05) is 11.5 Å². The molecule has 1 aromatic heterocycles. The Kier molecular flexibility index (Phi) is 2.13. The Balaban J connectivity index is 1.91. The zero-order valence-corrected chi connectivity index (χ0v) is 8.76. The van der Waals surface area contributed by atoms with Gasteiger partial charge >= 0.3 is 0 Å². The smallest absolute Gasteiger partial charge is 0.258 e. The second-order valence-electron chi connectivity index (χ2n) is 4.14. The lowest BCUT2D eigenvalue weighted by Crippen LogP contribution is -2.10. The fourth-order valence-corrected chi connectivity index (χ4v) is 1.82. The molecule has 0 unspecified atom stereocenters. The quantitative estimate of drug-likeness (QED) is 0.838. The van der Waals surface area contributed by atoms with Gasteiger partial charge in [-0.25, -0.2) is 0 Å². The summed E-state index contributed by atoms with van der Waals surface area (Å²) in [7, 11) is 0. The first-order valence-corrected chi connectivity index (χ1v) is 5.46. The van der Waals surface area contributed by atoms with Crippen molar-refractivity contribution in [1.29, 1.82) is 0 Å². The summed E-state index contributed by atoms with van der Waals surface area (Å²) in [5.74, 6) is 1.96. The van der Waals surface area contributed by atoms with Gasteiger partial charge in [0.15, 0.2) is 5.82 Å². The Labute approximate surface area is 92.9 Å². The molecule has 0 radical (unpaired) electrons. The van der Waals surface area contributed by atoms with Crippen LogP contribution in [0.1, 0.15) is 31.0 Å². The van der Waals surface area contributed by atoms with Gasteiger partial charge in [-0.15, -0.1) is 0 Å². The first kappa shape index (κ1) is 9.39.